The maximum atomic E-state index is 5.90. The van der Waals surface area contributed by atoms with Crippen LogP contribution in [0.3, 0.4) is 0 Å². The largest absolute Gasteiger partial charge is 0.383 e. The maximum absolute atomic E-state index is 5.90. The first-order valence-electron chi connectivity index (χ1n) is 6.75. The average Bonchev–Trinajstić information content (AvgIpc) is 3.17. The van der Waals surface area contributed by atoms with Crippen molar-refractivity contribution in [3.8, 4) is 0 Å². The molecule has 0 saturated heterocycles. The summed E-state index contributed by atoms with van der Waals surface area (Å²) in [7, 11) is 2.18. The van der Waals surface area contributed by atoms with Gasteiger partial charge in [-0.3, -0.25) is 0 Å². The van der Waals surface area contributed by atoms with E-state index < -0.39 is 0 Å². The van der Waals surface area contributed by atoms with Crippen molar-refractivity contribution in [2.75, 3.05) is 31.2 Å². The normalized spacial score (nSPS) is 15.1. The number of nitrogens with zero attached hydrogens (tertiary/aromatic N) is 3. The SMILES string of the molecule is CCCc1c(N)ncnc1NCCN(C)C1CC1. The Kier molecular flexibility index (Phi) is 4.36. The number of likely N-dealkylation sites (N-methyl/N-ethyl adjacent to an activating group) is 1. The summed E-state index contributed by atoms with van der Waals surface area (Å²) >= 11 is 0. The fourth-order valence-electron chi connectivity index (χ4n) is 2.12. The van der Waals surface area contributed by atoms with E-state index in [0.29, 0.717) is 5.82 Å². The summed E-state index contributed by atoms with van der Waals surface area (Å²) in [5, 5.41) is 3.38. The van der Waals surface area contributed by atoms with E-state index in [1.54, 1.807) is 0 Å². The molecule has 1 heterocycles. The first-order valence-corrected chi connectivity index (χ1v) is 6.75. The third kappa shape index (κ3) is 3.32. The Morgan fingerprint density at radius 2 is 2.22 bits per heavy atom. The highest BCUT2D eigenvalue weighted by Crippen LogP contribution is 2.25. The number of nitrogens with one attached hydrogen (secondary N) is 1. The van der Waals surface area contributed by atoms with Crippen molar-refractivity contribution >= 4 is 11.6 Å². The standard InChI is InChI=1S/C13H23N5/c1-3-4-11-12(14)16-9-17-13(11)15-7-8-18(2)10-5-6-10/h9-10H,3-8H2,1-2H3,(H3,14,15,16,17). The molecule has 1 fully saturated rings. The van der Waals surface area contributed by atoms with Crippen molar-refractivity contribution in [1.82, 2.24) is 14.9 Å². The molecule has 1 aromatic heterocycles. The number of rotatable bonds is 7. The fourth-order valence-corrected chi connectivity index (χ4v) is 2.12. The second kappa shape index (κ2) is 6.00. The van der Waals surface area contributed by atoms with E-state index in [0.717, 1.165) is 43.4 Å². The van der Waals surface area contributed by atoms with Crippen molar-refractivity contribution in [3.63, 3.8) is 0 Å². The zero-order valence-electron chi connectivity index (χ0n) is 11.3. The van der Waals surface area contributed by atoms with Gasteiger partial charge in [0.2, 0.25) is 0 Å². The molecule has 2 rings (SSSR count). The molecule has 1 saturated carbocycles. The summed E-state index contributed by atoms with van der Waals surface area (Å²) in [6, 6.07) is 0.803. The molecule has 1 aromatic rings. The minimum Gasteiger partial charge on any atom is -0.383 e. The van der Waals surface area contributed by atoms with Gasteiger partial charge in [-0.15, -0.1) is 0 Å². The zero-order valence-corrected chi connectivity index (χ0v) is 11.3. The topological polar surface area (TPSA) is 67.1 Å². The molecular formula is C13H23N5. The van der Waals surface area contributed by atoms with E-state index in [1.165, 1.54) is 19.2 Å². The van der Waals surface area contributed by atoms with Crippen molar-refractivity contribution in [2.45, 2.75) is 38.6 Å². The molecule has 3 N–H and O–H groups in total. The van der Waals surface area contributed by atoms with Gasteiger partial charge in [0.05, 0.1) is 0 Å². The van der Waals surface area contributed by atoms with E-state index in [9.17, 15) is 0 Å². The Hall–Kier alpha value is -1.36. The Bertz CT molecular complexity index is 389. The van der Waals surface area contributed by atoms with Gasteiger partial charge < -0.3 is 16.0 Å². The summed E-state index contributed by atoms with van der Waals surface area (Å²) in [5.74, 6) is 1.50. The summed E-state index contributed by atoms with van der Waals surface area (Å²) in [6.07, 6.45) is 6.19. The molecule has 18 heavy (non-hydrogen) atoms. The molecule has 0 atom stereocenters. The van der Waals surface area contributed by atoms with Crippen LogP contribution in [0.15, 0.2) is 6.33 Å². The molecule has 0 aliphatic heterocycles. The molecule has 1 aliphatic carbocycles. The Morgan fingerprint density at radius 1 is 1.44 bits per heavy atom. The molecule has 5 heteroatoms. The number of hydrogen-bond acceptors (Lipinski definition) is 5. The van der Waals surface area contributed by atoms with Crippen molar-refractivity contribution in [3.05, 3.63) is 11.9 Å². The molecule has 1 aliphatic rings. The third-order valence-electron chi connectivity index (χ3n) is 3.41. The number of nitrogens with two attached hydrogens (primary N) is 1. The molecule has 5 nitrogen and oxygen atoms in total. The minimum absolute atomic E-state index is 0.602. The Labute approximate surface area is 109 Å². The van der Waals surface area contributed by atoms with Crippen LogP contribution in [-0.4, -0.2) is 41.0 Å². The van der Waals surface area contributed by atoms with Gasteiger partial charge in [0.1, 0.15) is 18.0 Å². The molecule has 0 bridgehead atoms. The maximum Gasteiger partial charge on any atom is 0.134 e. The van der Waals surface area contributed by atoms with Crippen molar-refractivity contribution in [2.24, 2.45) is 0 Å². The smallest absolute Gasteiger partial charge is 0.134 e. The molecule has 0 unspecified atom stereocenters. The van der Waals surface area contributed by atoms with Gasteiger partial charge in [-0.25, -0.2) is 9.97 Å². The quantitative estimate of drug-likeness (QED) is 0.767. The summed E-state index contributed by atoms with van der Waals surface area (Å²) < 4.78 is 0. The summed E-state index contributed by atoms with van der Waals surface area (Å²) in [6.45, 7) is 4.08. The lowest BCUT2D eigenvalue weighted by Gasteiger charge is -2.17. The van der Waals surface area contributed by atoms with Gasteiger partial charge in [-0.2, -0.15) is 0 Å². The third-order valence-corrected chi connectivity index (χ3v) is 3.41. The lowest BCUT2D eigenvalue weighted by Crippen LogP contribution is -2.27. The molecule has 0 radical (unpaired) electrons. The van der Waals surface area contributed by atoms with Gasteiger partial charge in [0.25, 0.3) is 0 Å². The Balaban J connectivity index is 1.89. The van der Waals surface area contributed by atoms with Crippen molar-refractivity contribution in [1.29, 1.82) is 0 Å². The van der Waals surface area contributed by atoms with Gasteiger partial charge >= 0.3 is 0 Å². The van der Waals surface area contributed by atoms with Crippen LogP contribution in [0.2, 0.25) is 0 Å². The summed E-state index contributed by atoms with van der Waals surface area (Å²) in [4.78, 5) is 10.8. The number of nitrogen functional groups attached to an aromatic ring is 1. The van der Waals surface area contributed by atoms with Gasteiger partial charge in [-0.05, 0) is 26.3 Å². The lowest BCUT2D eigenvalue weighted by atomic mass is 10.1. The van der Waals surface area contributed by atoms with Gasteiger partial charge in [-0.1, -0.05) is 13.3 Å². The monoisotopic (exact) mass is 249 g/mol. The van der Waals surface area contributed by atoms with Crippen molar-refractivity contribution < 1.29 is 0 Å². The van der Waals surface area contributed by atoms with E-state index in [2.05, 4.69) is 34.2 Å². The molecule has 0 aromatic carbocycles. The highest BCUT2D eigenvalue weighted by molar-refractivity contribution is 5.54. The average molecular weight is 249 g/mol. The molecule has 0 amide bonds. The highest BCUT2D eigenvalue weighted by Gasteiger charge is 2.25. The predicted molar refractivity (Wildman–Crippen MR) is 74.6 cm³/mol. The fraction of sp³-hybridized carbons (Fsp3) is 0.692. The molecule has 0 spiro atoms. The van der Waals surface area contributed by atoms with E-state index >= 15 is 0 Å². The van der Waals surface area contributed by atoms with Crippen LogP contribution in [-0.2, 0) is 6.42 Å². The zero-order chi connectivity index (χ0) is 13.0. The Morgan fingerprint density at radius 3 is 2.89 bits per heavy atom. The number of anilines is 2. The van der Waals surface area contributed by atoms with E-state index in [-0.39, 0.29) is 0 Å². The van der Waals surface area contributed by atoms with Crippen LogP contribution in [0.4, 0.5) is 11.6 Å². The van der Waals surface area contributed by atoms with Gasteiger partial charge in [0.15, 0.2) is 0 Å². The van der Waals surface area contributed by atoms with E-state index in [4.69, 9.17) is 5.73 Å². The second-order valence-corrected chi connectivity index (χ2v) is 4.97. The first kappa shape index (κ1) is 13.1. The first-order chi connectivity index (χ1) is 8.72. The molecular weight excluding hydrogens is 226 g/mol. The van der Waals surface area contributed by atoms with Crippen LogP contribution < -0.4 is 11.1 Å². The van der Waals surface area contributed by atoms with E-state index in [1.807, 2.05) is 0 Å². The minimum atomic E-state index is 0.602. The number of aromatic nitrogens is 2. The lowest BCUT2D eigenvalue weighted by molar-refractivity contribution is 0.337. The number of hydrogen-bond donors (Lipinski definition) is 2. The summed E-state index contributed by atoms with van der Waals surface area (Å²) in [5.41, 5.74) is 6.95. The molecule has 100 valence electrons. The van der Waals surface area contributed by atoms with Crippen LogP contribution in [0.25, 0.3) is 0 Å². The van der Waals surface area contributed by atoms with Crippen LogP contribution in [0.5, 0.6) is 0 Å². The van der Waals surface area contributed by atoms with Crippen LogP contribution >= 0.6 is 0 Å². The second-order valence-electron chi connectivity index (χ2n) is 4.97. The van der Waals surface area contributed by atoms with Crippen LogP contribution in [0.1, 0.15) is 31.7 Å². The predicted octanol–water partition coefficient (Wildman–Crippen LogP) is 1.52. The van der Waals surface area contributed by atoms with Crippen LogP contribution in [0, 0.1) is 0 Å². The van der Waals surface area contributed by atoms with Gasteiger partial charge in [0, 0.05) is 24.7 Å². The highest BCUT2D eigenvalue weighted by atomic mass is 15.2.